The summed E-state index contributed by atoms with van der Waals surface area (Å²) in [6.45, 7) is 1.88. The van der Waals surface area contributed by atoms with Crippen LogP contribution in [0.5, 0.6) is 11.5 Å². The summed E-state index contributed by atoms with van der Waals surface area (Å²) in [6.07, 6.45) is 0.105. The van der Waals surface area contributed by atoms with Crippen molar-refractivity contribution in [3.63, 3.8) is 0 Å². The van der Waals surface area contributed by atoms with Gasteiger partial charge in [0.05, 0.1) is 12.3 Å². The molecule has 0 bridgehead atoms. The number of ether oxygens (including phenoxy) is 2. The lowest BCUT2D eigenvalue weighted by molar-refractivity contribution is -0.127. The number of anilines is 3. The van der Waals surface area contributed by atoms with E-state index in [4.69, 9.17) is 9.47 Å². The van der Waals surface area contributed by atoms with Gasteiger partial charge in [-0.05, 0) is 55.8 Å². The van der Waals surface area contributed by atoms with Gasteiger partial charge in [0.2, 0.25) is 11.8 Å². The first kappa shape index (κ1) is 23.8. The van der Waals surface area contributed by atoms with Crippen molar-refractivity contribution in [3.8, 4) is 11.5 Å². The predicted octanol–water partition coefficient (Wildman–Crippen LogP) is 4.24. The highest BCUT2D eigenvalue weighted by molar-refractivity contribution is 6.06. The van der Waals surface area contributed by atoms with Gasteiger partial charge in [-0.3, -0.25) is 19.3 Å². The summed E-state index contributed by atoms with van der Waals surface area (Å²) >= 11 is 0. The molecule has 8 heteroatoms. The van der Waals surface area contributed by atoms with E-state index in [2.05, 4.69) is 10.6 Å². The molecule has 0 aliphatic carbocycles. The summed E-state index contributed by atoms with van der Waals surface area (Å²) in [5.41, 5.74) is 1.59. The molecule has 3 aromatic rings. The van der Waals surface area contributed by atoms with Gasteiger partial charge in [-0.15, -0.1) is 0 Å². The Morgan fingerprint density at radius 2 is 1.60 bits per heavy atom. The van der Waals surface area contributed by atoms with E-state index < -0.39 is 6.10 Å². The average molecular weight is 474 g/mol. The van der Waals surface area contributed by atoms with E-state index in [1.165, 1.54) is 4.90 Å². The SMILES string of the molecule is CC1Oc2ccc(NC(=O)CCCOc3ccccc3)cc2N(CC(=O)Nc2ccccc2)C1=O. The molecule has 0 aromatic heterocycles. The third-order valence-corrected chi connectivity index (χ3v) is 5.37. The number of amides is 3. The van der Waals surface area contributed by atoms with Crippen molar-refractivity contribution in [3.05, 3.63) is 78.9 Å². The molecule has 3 amide bonds. The first-order valence-corrected chi connectivity index (χ1v) is 11.4. The van der Waals surface area contributed by atoms with Crippen LogP contribution < -0.4 is 25.0 Å². The molecule has 1 aliphatic heterocycles. The fourth-order valence-corrected chi connectivity index (χ4v) is 3.68. The van der Waals surface area contributed by atoms with Crippen LogP contribution in [0.15, 0.2) is 78.9 Å². The monoisotopic (exact) mass is 473 g/mol. The van der Waals surface area contributed by atoms with Crippen molar-refractivity contribution < 1.29 is 23.9 Å². The molecule has 2 N–H and O–H groups in total. The second kappa shape index (κ2) is 11.2. The Morgan fingerprint density at radius 1 is 0.914 bits per heavy atom. The number of rotatable bonds is 9. The molecule has 0 saturated heterocycles. The van der Waals surface area contributed by atoms with Gasteiger partial charge in [0.1, 0.15) is 18.0 Å². The minimum absolute atomic E-state index is 0.175. The van der Waals surface area contributed by atoms with Crippen molar-refractivity contribution in [1.82, 2.24) is 0 Å². The Balaban J connectivity index is 1.37. The quantitative estimate of drug-likeness (QED) is 0.453. The van der Waals surface area contributed by atoms with Crippen LogP contribution >= 0.6 is 0 Å². The summed E-state index contributed by atoms with van der Waals surface area (Å²) in [6, 6.07) is 23.5. The summed E-state index contributed by atoms with van der Waals surface area (Å²) in [5, 5.41) is 5.63. The van der Waals surface area contributed by atoms with Gasteiger partial charge >= 0.3 is 0 Å². The van der Waals surface area contributed by atoms with Crippen LogP contribution in [0.25, 0.3) is 0 Å². The maximum Gasteiger partial charge on any atom is 0.268 e. The smallest absolute Gasteiger partial charge is 0.268 e. The maximum atomic E-state index is 12.8. The highest BCUT2D eigenvalue weighted by Crippen LogP contribution is 2.36. The zero-order valence-electron chi connectivity index (χ0n) is 19.4. The highest BCUT2D eigenvalue weighted by atomic mass is 16.5. The Bertz CT molecular complexity index is 1180. The molecular weight excluding hydrogens is 446 g/mol. The Morgan fingerprint density at radius 3 is 2.34 bits per heavy atom. The van der Waals surface area contributed by atoms with Gasteiger partial charge in [0.25, 0.3) is 5.91 Å². The molecule has 0 saturated carbocycles. The van der Waals surface area contributed by atoms with Gasteiger partial charge in [-0.1, -0.05) is 36.4 Å². The largest absolute Gasteiger partial charge is 0.494 e. The number of carbonyl (C=O) groups is 3. The van der Waals surface area contributed by atoms with Gasteiger partial charge in [-0.25, -0.2) is 0 Å². The minimum Gasteiger partial charge on any atom is -0.494 e. The standard InChI is InChI=1S/C27H27N3O5/c1-19-27(33)30(18-26(32)28-20-9-4-2-5-10-20)23-17-21(14-15-24(23)35-19)29-25(31)13-8-16-34-22-11-6-3-7-12-22/h2-7,9-12,14-15,17,19H,8,13,16,18H2,1H3,(H,28,32)(H,29,31). The topological polar surface area (TPSA) is 97.0 Å². The van der Waals surface area contributed by atoms with Crippen LogP contribution in [-0.2, 0) is 14.4 Å². The molecule has 8 nitrogen and oxygen atoms in total. The van der Waals surface area contributed by atoms with Gasteiger partial charge in [0, 0.05) is 17.8 Å². The van der Waals surface area contributed by atoms with Gasteiger partial charge in [-0.2, -0.15) is 0 Å². The lowest BCUT2D eigenvalue weighted by Crippen LogP contribution is -2.47. The molecule has 0 radical (unpaired) electrons. The molecule has 3 aromatic carbocycles. The molecule has 180 valence electrons. The van der Waals surface area contributed by atoms with Crippen LogP contribution in [0, 0.1) is 0 Å². The Hall–Kier alpha value is -4.33. The van der Waals surface area contributed by atoms with Crippen molar-refractivity contribution in [2.45, 2.75) is 25.9 Å². The molecule has 0 fully saturated rings. The first-order chi connectivity index (χ1) is 17.0. The number of hydrogen-bond acceptors (Lipinski definition) is 5. The fraction of sp³-hybridized carbons (Fsp3) is 0.222. The summed E-state index contributed by atoms with van der Waals surface area (Å²) in [7, 11) is 0. The Kier molecular flexibility index (Phi) is 7.62. The van der Waals surface area contributed by atoms with Crippen molar-refractivity contribution in [2.75, 3.05) is 28.7 Å². The lowest BCUT2D eigenvalue weighted by atomic mass is 10.1. The van der Waals surface area contributed by atoms with E-state index in [1.807, 2.05) is 48.5 Å². The summed E-state index contributed by atoms with van der Waals surface area (Å²) in [4.78, 5) is 39.3. The maximum absolute atomic E-state index is 12.8. The average Bonchev–Trinajstić information content (AvgIpc) is 2.86. The van der Waals surface area contributed by atoms with Crippen LogP contribution in [0.3, 0.4) is 0 Å². The second-order valence-electron chi connectivity index (χ2n) is 8.09. The summed E-state index contributed by atoms with van der Waals surface area (Å²) < 4.78 is 11.3. The summed E-state index contributed by atoms with van der Waals surface area (Å²) in [5.74, 6) is 0.392. The van der Waals surface area contributed by atoms with E-state index in [-0.39, 0.29) is 30.7 Å². The van der Waals surface area contributed by atoms with E-state index in [0.717, 1.165) is 5.75 Å². The fourth-order valence-electron chi connectivity index (χ4n) is 3.68. The number of para-hydroxylation sites is 2. The van der Waals surface area contributed by atoms with Crippen LogP contribution in [0.1, 0.15) is 19.8 Å². The van der Waals surface area contributed by atoms with Crippen LogP contribution in [0.2, 0.25) is 0 Å². The van der Waals surface area contributed by atoms with E-state index in [0.29, 0.717) is 35.8 Å². The molecule has 0 spiro atoms. The molecular formula is C27H27N3O5. The molecule has 4 rings (SSSR count). The highest BCUT2D eigenvalue weighted by Gasteiger charge is 2.33. The number of hydrogen-bond donors (Lipinski definition) is 2. The predicted molar refractivity (Wildman–Crippen MR) is 134 cm³/mol. The zero-order valence-corrected chi connectivity index (χ0v) is 19.4. The Labute approximate surface area is 203 Å². The van der Waals surface area contributed by atoms with Gasteiger partial charge in [0.15, 0.2) is 6.10 Å². The molecule has 1 atom stereocenters. The van der Waals surface area contributed by atoms with Crippen molar-refractivity contribution in [1.29, 1.82) is 0 Å². The number of fused-ring (bicyclic) bond motifs is 1. The number of nitrogens with one attached hydrogen (secondary N) is 2. The van der Waals surface area contributed by atoms with Gasteiger partial charge < -0.3 is 20.1 Å². The van der Waals surface area contributed by atoms with E-state index >= 15 is 0 Å². The van der Waals surface area contributed by atoms with Crippen molar-refractivity contribution in [2.24, 2.45) is 0 Å². The zero-order chi connectivity index (χ0) is 24.6. The number of benzene rings is 3. The molecule has 1 unspecified atom stereocenters. The number of nitrogens with zero attached hydrogens (tertiary/aromatic N) is 1. The second-order valence-corrected chi connectivity index (χ2v) is 8.09. The van der Waals surface area contributed by atoms with Crippen LogP contribution in [-0.4, -0.2) is 37.0 Å². The lowest BCUT2D eigenvalue weighted by Gasteiger charge is -2.33. The molecule has 1 heterocycles. The minimum atomic E-state index is -0.725. The van der Waals surface area contributed by atoms with Crippen molar-refractivity contribution >= 4 is 34.8 Å². The third kappa shape index (κ3) is 6.38. The molecule has 35 heavy (non-hydrogen) atoms. The normalized spacial score (nSPS) is 14.5. The third-order valence-electron chi connectivity index (χ3n) is 5.37. The first-order valence-electron chi connectivity index (χ1n) is 11.4. The van der Waals surface area contributed by atoms with Crippen LogP contribution in [0.4, 0.5) is 17.1 Å². The van der Waals surface area contributed by atoms with E-state index in [1.54, 1.807) is 37.3 Å². The number of carbonyl (C=O) groups excluding carboxylic acids is 3. The van der Waals surface area contributed by atoms with E-state index in [9.17, 15) is 14.4 Å². The molecule has 1 aliphatic rings.